The summed E-state index contributed by atoms with van der Waals surface area (Å²) in [6.45, 7) is 2.34. The quantitative estimate of drug-likeness (QED) is 0.747. The molecule has 0 bridgehead atoms. The van der Waals surface area contributed by atoms with Crippen LogP contribution in [0.25, 0.3) is 0 Å². The molecule has 3 N–H and O–H groups in total. The van der Waals surface area contributed by atoms with Crippen LogP contribution in [0.5, 0.6) is 5.19 Å². The number of hydrogen-bond acceptors (Lipinski definition) is 5. The molecule has 0 saturated heterocycles. The van der Waals surface area contributed by atoms with Crippen LogP contribution in [0.15, 0.2) is 5.38 Å². The van der Waals surface area contributed by atoms with Crippen molar-refractivity contribution < 1.29 is 14.6 Å². The van der Waals surface area contributed by atoms with Crippen molar-refractivity contribution in [3.63, 3.8) is 0 Å². The zero-order chi connectivity index (χ0) is 9.84. The normalized spacial score (nSPS) is 12.5. The van der Waals surface area contributed by atoms with Crippen LogP contribution in [0.3, 0.4) is 0 Å². The molecule has 0 aliphatic heterocycles. The van der Waals surface area contributed by atoms with E-state index in [4.69, 9.17) is 15.6 Å². The molecule has 72 valence electrons. The summed E-state index contributed by atoms with van der Waals surface area (Å²) < 4.78 is 5.08. The van der Waals surface area contributed by atoms with Gasteiger partial charge in [-0.1, -0.05) is 11.3 Å². The fraction of sp³-hybridized carbons (Fsp3) is 0.429. The smallest absolute Gasteiger partial charge is 0.326 e. The number of aliphatic carboxylic acids is 1. The molecule has 1 aromatic heterocycles. The molecule has 6 heteroatoms. The molecule has 1 aromatic rings. The lowest BCUT2D eigenvalue weighted by molar-refractivity contribution is -0.138. The number of carboxylic acids is 1. The predicted octanol–water partition coefficient (Wildman–Crippen LogP) is 0.626. The van der Waals surface area contributed by atoms with Crippen LogP contribution < -0.4 is 10.5 Å². The van der Waals surface area contributed by atoms with E-state index in [0.717, 1.165) is 0 Å². The van der Waals surface area contributed by atoms with E-state index >= 15 is 0 Å². The summed E-state index contributed by atoms with van der Waals surface area (Å²) in [6, 6.07) is -1.06. The van der Waals surface area contributed by atoms with Crippen molar-refractivity contribution in [2.24, 2.45) is 5.73 Å². The second kappa shape index (κ2) is 4.20. The molecule has 13 heavy (non-hydrogen) atoms. The second-order valence-corrected chi connectivity index (χ2v) is 3.11. The third-order valence-electron chi connectivity index (χ3n) is 1.35. The first-order valence-electron chi connectivity index (χ1n) is 3.71. The minimum Gasteiger partial charge on any atom is -0.480 e. The average molecular weight is 202 g/mol. The minimum absolute atomic E-state index is 0.334. The molecule has 0 aliphatic rings. The molecule has 1 atom stereocenters. The van der Waals surface area contributed by atoms with Crippen LogP contribution in [0.4, 0.5) is 0 Å². The van der Waals surface area contributed by atoms with Gasteiger partial charge in [-0.25, -0.2) is 4.98 Å². The number of hydrogen-bond donors (Lipinski definition) is 2. The predicted molar refractivity (Wildman–Crippen MR) is 47.8 cm³/mol. The largest absolute Gasteiger partial charge is 0.480 e. The molecule has 0 saturated carbocycles. The summed E-state index contributed by atoms with van der Waals surface area (Å²) in [6.07, 6.45) is 0. The Kier molecular flexibility index (Phi) is 3.21. The first-order chi connectivity index (χ1) is 6.15. The highest BCUT2D eigenvalue weighted by Gasteiger charge is 2.17. The number of aromatic nitrogens is 1. The van der Waals surface area contributed by atoms with Gasteiger partial charge in [0, 0.05) is 5.38 Å². The highest BCUT2D eigenvalue weighted by molar-refractivity contribution is 7.11. The van der Waals surface area contributed by atoms with Gasteiger partial charge in [0.2, 0.25) is 0 Å². The van der Waals surface area contributed by atoms with Crippen molar-refractivity contribution in [2.45, 2.75) is 13.0 Å². The fourth-order valence-electron chi connectivity index (χ4n) is 0.728. The van der Waals surface area contributed by atoms with Gasteiger partial charge in [0.25, 0.3) is 5.19 Å². The van der Waals surface area contributed by atoms with Crippen LogP contribution in [-0.4, -0.2) is 22.7 Å². The number of rotatable bonds is 4. The molecule has 0 spiro atoms. The van der Waals surface area contributed by atoms with Gasteiger partial charge in [-0.3, -0.25) is 4.79 Å². The molecule has 0 fully saturated rings. The lowest BCUT2D eigenvalue weighted by Crippen LogP contribution is -2.20. The maximum atomic E-state index is 10.5. The van der Waals surface area contributed by atoms with E-state index in [9.17, 15) is 4.79 Å². The maximum Gasteiger partial charge on any atom is 0.326 e. The standard InChI is InChI=1S/C7H10N2O3S/c1-2-12-7-9-4(3-13-7)5(8)6(10)11/h3,5H,2,8H2,1H3,(H,10,11). The maximum absolute atomic E-state index is 10.5. The number of thiazole rings is 1. The van der Waals surface area contributed by atoms with Crippen LogP contribution in [0, 0.1) is 0 Å². The van der Waals surface area contributed by atoms with Crippen molar-refractivity contribution in [1.82, 2.24) is 4.98 Å². The molecule has 1 unspecified atom stereocenters. The summed E-state index contributed by atoms with van der Waals surface area (Å²) in [7, 11) is 0. The number of nitrogens with two attached hydrogens (primary N) is 1. The van der Waals surface area contributed by atoms with Gasteiger partial charge in [0.05, 0.1) is 12.3 Å². The highest BCUT2D eigenvalue weighted by atomic mass is 32.1. The molecular formula is C7H10N2O3S. The highest BCUT2D eigenvalue weighted by Crippen LogP contribution is 2.21. The van der Waals surface area contributed by atoms with Crippen LogP contribution in [0.2, 0.25) is 0 Å². The molecule has 0 aliphatic carbocycles. The molecule has 0 aromatic carbocycles. The summed E-state index contributed by atoms with van der Waals surface area (Å²) in [5, 5.41) is 10.6. The first kappa shape index (κ1) is 9.94. The SMILES string of the molecule is CCOc1nc(C(N)C(=O)O)cs1. The van der Waals surface area contributed by atoms with E-state index in [2.05, 4.69) is 4.98 Å². The molecule has 1 heterocycles. The minimum atomic E-state index is -1.09. The molecule has 1 rings (SSSR count). The zero-order valence-corrected chi connectivity index (χ0v) is 7.87. The monoisotopic (exact) mass is 202 g/mol. The third-order valence-corrected chi connectivity index (χ3v) is 2.12. The Balaban J connectivity index is 2.73. The molecule has 5 nitrogen and oxygen atoms in total. The van der Waals surface area contributed by atoms with Gasteiger partial charge < -0.3 is 15.6 Å². The Morgan fingerprint density at radius 3 is 3.15 bits per heavy atom. The lowest BCUT2D eigenvalue weighted by Gasteiger charge is -2.00. The van der Waals surface area contributed by atoms with E-state index < -0.39 is 12.0 Å². The van der Waals surface area contributed by atoms with Crippen molar-refractivity contribution >= 4 is 17.3 Å². The summed E-state index contributed by atoms with van der Waals surface area (Å²) in [4.78, 5) is 14.4. The number of ether oxygens (including phenoxy) is 1. The number of carbonyl (C=O) groups is 1. The van der Waals surface area contributed by atoms with Crippen molar-refractivity contribution in [3.05, 3.63) is 11.1 Å². The average Bonchev–Trinajstić information content (AvgIpc) is 2.52. The van der Waals surface area contributed by atoms with E-state index in [-0.39, 0.29) is 0 Å². The van der Waals surface area contributed by atoms with E-state index in [1.165, 1.54) is 11.3 Å². The van der Waals surface area contributed by atoms with E-state index in [1.54, 1.807) is 5.38 Å². The van der Waals surface area contributed by atoms with Crippen LogP contribution in [-0.2, 0) is 4.79 Å². The van der Waals surface area contributed by atoms with Gasteiger partial charge in [-0.05, 0) is 6.92 Å². The van der Waals surface area contributed by atoms with Crippen LogP contribution in [0.1, 0.15) is 18.7 Å². The van der Waals surface area contributed by atoms with Crippen molar-refractivity contribution in [3.8, 4) is 5.19 Å². The Bertz CT molecular complexity index is 300. The summed E-state index contributed by atoms with van der Waals surface area (Å²) in [5.74, 6) is -1.09. The van der Waals surface area contributed by atoms with Gasteiger partial charge in [-0.2, -0.15) is 0 Å². The van der Waals surface area contributed by atoms with Gasteiger partial charge in [0.15, 0.2) is 0 Å². The first-order valence-corrected chi connectivity index (χ1v) is 4.59. The molecule has 0 radical (unpaired) electrons. The molecular weight excluding hydrogens is 192 g/mol. The molecule has 0 amide bonds. The van der Waals surface area contributed by atoms with Crippen molar-refractivity contribution in [2.75, 3.05) is 6.61 Å². The van der Waals surface area contributed by atoms with Crippen molar-refractivity contribution in [1.29, 1.82) is 0 Å². The van der Waals surface area contributed by atoms with Gasteiger partial charge in [-0.15, -0.1) is 0 Å². The second-order valence-electron chi connectivity index (χ2n) is 2.29. The lowest BCUT2D eigenvalue weighted by atomic mass is 10.2. The zero-order valence-electron chi connectivity index (χ0n) is 7.06. The van der Waals surface area contributed by atoms with Gasteiger partial charge in [0.1, 0.15) is 6.04 Å². The fourth-order valence-corrected chi connectivity index (χ4v) is 1.49. The van der Waals surface area contributed by atoms with Crippen LogP contribution >= 0.6 is 11.3 Å². The van der Waals surface area contributed by atoms with E-state index in [0.29, 0.717) is 17.5 Å². The Morgan fingerprint density at radius 1 is 1.92 bits per heavy atom. The number of carboxylic acid groups (broad SMARTS) is 1. The third kappa shape index (κ3) is 2.40. The Morgan fingerprint density at radius 2 is 2.62 bits per heavy atom. The Hall–Kier alpha value is -1.14. The summed E-state index contributed by atoms with van der Waals surface area (Å²) in [5.41, 5.74) is 5.67. The topological polar surface area (TPSA) is 85.4 Å². The van der Waals surface area contributed by atoms with Gasteiger partial charge >= 0.3 is 5.97 Å². The van der Waals surface area contributed by atoms with E-state index in [1.807, 2.05) is 6.92 Å². The number of nitrogens with zero attached hydrogens (tertiary/aromatic N) is 1. The summed E-state index contributed by atoms with van der Waals surface area (Å²) >= 11 is 1.24. The Labute approximate surface area is 79.2 Å².